The van der Waals surface area contributed by atoms with Crippen LogP contribution in [0.4, 0.5) is 0 Å². The Morgan fingerprint density at radius 2 is 1.79 bits per heavy atom. The molecule has 0 aliphatic carbocycles. The molecule has 156 valence electrons. The predicted octanol–water partition coefficient (Wildman–Crippen LogP) is 3.73. The second kappa shape index (κ2) is 11.0. The molecule has 1 aliphatic heterocycles. The van der Waals surface area contributed by atoms with Crippen LogP contribution in [0.1, 0.15) is 42.9 Å². The summed E-state index contributed by atoms with van der Waals surface area (Å²) in [6.45, 7) is 9.40. The molecule has 0 aromatic heterocycles. The van der Waals surface area contributed by atoms with E-state index >= 15 is 0 Å². The number of hydrogen-bond acceptors (Lipinski definition) is 4. The van der Waals surface area contributed by atoms with E-state index in [1.54, 1.807) is 0 Å². The number of nitrogens with zero attached hydrogens (tertiary/aromatic N) is 1. The van der Waals surface area contributed by atoms with Crippen molar-refractivity contribution in [2.75, 3.05) is 32.9 Å². The monoisotopic (exact) mass is 396 g/mol. The number of amides is 1. The van der Waals surface area contributed by atoms with Crippen LogP contribution in [0, 0.1) is 0 Å². The smallest absolute Gasteiger partial charge is 0.258 e. The zero-order valence-electron chi connectivity index (χ0n) is 17.5. The first-order valence-corrected chi connectivity index (χ1v) is 10.5. The summed E-state index contributed by atoms with van der Waals surface area (Å²) in [5.41, 5.74) is 3.52. The summed E-state index contributed by atoms with van der Waals surface area (Å²) in [6, 6.07) is 16.4. The summed E-state index contributed by atoms with van der Waals surface area (Å²) in [7, 11) is 0. The van der Waals surface area contributed by atoms with Gasteiger partial charge in [0.2, 0.25) is 0 Å². The minimum Gasteiger partial charge on any atom is -0.483 e. The van der Waals surface area contributed by atoms with E-state index in [-0.39, 0.29) is 12.5 Å². The predicted molar refractivity (Wildman–Crippen MR) is 115 cm³/mol. The molecule has 5 heteroatoms. The zero-order valence-corrected chi connectivity index (χ0v) is 17.5. The first kappa shape index (κ1) is 21.3. The molecule has 29 heavy (non-hydrogen) atoms. The number of rotatable bonds is 9. The van der Waals surface area contributed by atoms with Crippen LogP contribution in [-0.4, -0.2) is 43.7 Å². The Bertz CT molecular complexity index is 770. The highest BCUT2D eigenvalue weighted by molar-refractivity contribution is 5.77. The Morgan fingerprint density at radius 3 is 2.52 bits per heavy atom. The van der Waals surface area contributed by atoms with Gasteiger partial charge in [0.15, 0.2) is 6.61 Å². The summed E-state index contributed by atoms with van der Waals surface area (Å²) in [6.07, 6.45) is 1.04. The fourth-order valence-electron chi connectivity index (χ4n) is 3.41. The van der Waals surface area contributed by atoms with Crippen LogP contribution in [0.2, 0.25) is 0 Å². The van der Waals surface area contributed by atoms with Gasteiger partial charge in [-0.25, -0.2) is 0 Å². The van der Waals surface area contributed by atoms with Crippen LogP contribution in [0.5, 0.6) is 5.75 Å². The van der Waals surface area contributed by atoms with Gasteiger partial charge in [-0.2, -0.15) is 0 Å². The molecule has 1 heterocycles. The quantitative estimate of drug-likeness (QED) is 0.702. The average molecular weight is 397 g/mol. The van der Waals surface area contributed by atoms with E-state index in [1.165, 1.54) is 5.56 Å². The molecule has 1 fully saturated rings. The van der Waals surface area contributed by atoms with Gasteiger partial charge in [0.25, 0.3) is 5.91 Å². The number of morpholine rings is 1. The van der Waals surface area contributed by atoms with Gasteiger partial charge in [-0.3, -0.25) is 9.69 Å². The molecule has 1 N–H and O–H groups in total. The summed E-state index contributed by atoms with van der Waals surface area (Å²) < 4.78 is 11.2. The molecular formula is C24H32N2O3. The molecular weight excluding hydrogens is 364 g/mol. The van der Waals surface area contributed by atoms with Gasteiger partial charge in [0.05, 0.1) is 13.2 Å². The fourth-order valence-corrected chi connectivity index (χ4v) is 3.41. The third kappa shape index (κ3) is 6.58. The summed E-state index contributed by atoms with van der Waals surface area (Å²) in [5.74, 6) is 1.09. The van der Waals surface area contributed by atoms with E-state index < -0.39 is 0 Å². The molecule has 1 aliphatic rings. The van der Waals surface area contributed by atoms with Crippen molar-refractivity contribution in [1.82, 2.24) is 10.2 Å². The lowest BCUT2D eigenvalue weighted by Crippen LogP contribution is -2.35. The third-order valence-electron chi connectivity index (χ3n) is 5.44. The maximum absolute atomic E-state index is 12.2. The Hall–Kier alpha value is -2.37. The number of carbonyl (C=O) groups excluding carboxylic acids is 1. The van der Waals surface area contributed by atoms with Crippen LogP contribution in [-0.2, 0) is 22.6 Å². The summed E-state index contributed by atoms with van der Waals surface area (Å²) in [5, 5.41) is 2.94. The average Bonchev–Trinajstić information content (AvgIpc) is 2.77. The molecule has 2 aromatic carbocycles. The minimum absolute atomic E-state index is 0.0303. The highest BCUT2D eigenvalue weighted by atomic mass is 16.5. The SMILES string of the molecule is CCC(C)c1ccccc1OCC(=O)NCc1ccc(CN2CCOCC2)cc1. The Labute approximate surface area is 174 Å². The van der Waals surface area contributed by atoms with Gasteiger partial charge in [0.1, 0.15) is 5.75 Å². The van der Waals surface area contributed by atoms with Gasteiger partial charge >= 0.3 is 0 Å². The van der Waals surface area contributed by atoms with Crippen LogP contribution < -0.4 is 10.1 Å². The van der Waals surface area contributed by atoms with Crippen LogP contribution in [0.25, 0.3) is 0 Å². The first-order chi connectivity index (χ1) is 14.2. The van der Waals surface area contributed by atoms with Crippen LogP contribution in [0.3, 0.4) is 0 Å². The van der Waals surface area contributed by atoms with Crippen LogP contribution in [0.15, 0.2) is 48.5 Å². The highest BCUT2D eigenvalue weighted by Gasteiger charge is 2.12. The van der Waals surface area contributed by atoms with E-state index in [2.05, 4.69) is 54.4 Å². The third-order valence-corrected chi connectivity index (χ3v) is 5.44. The molecule has 0 bridgehead atoms. The molecule has 1 saturated heterocycles. The number of ether oxygens (including phenoxy) is 2. The maximum Gasteiger partial charge on any atom is 0.258 e. The highest BCUT2D eigenvalue weighted by Crippen LogP contribution is 2.28. The topological polar surface area (TPSA) is 50.8 Å². The summed E-state index contributed by atoms with van der Waals surface area (Å²) in [4.78, 5) is 14.6. The van der Waals surface area contributed by atoms with E-state index in [4.69, 9.17) is 9.47 Å². The van der Waals surface area contributed by atoms with E-state index in [0.717, 1.165) is 56.1 Å². The standard InChI is InChI=1S/C24H32N2O3/c1-3-19(2)22-6-4-5-7-23(22)29-18-24(27)25-16-20-8-10-21(11-9-20)17-26-12-14-28-15-13-26/h4-11,19H,3,12-18H2,1-2H3,(H,25,27). The van der Waals surface area contributed by atoms with E-state index in [1.807, 2.05) is 18.2 Å². The Kier molecular flexibility index (Phi) is 8.08. The van der Waals surface area contributed by atoms with E-state index in [0.29, 0.717) is 12.5 Å². The van der Waals surface area contributed by atoms with Crippen molar-refractivity contribution in [1.29, 1.82) is 0 Å². The molecule has 0 spiro atoms. The lowest BCUT2D eigenvalue weighted by atomic mass is 9.98. The normalized spacial score (nSPS) is 15.7. The van der Waals surface area contributed by atoms with Gasteiger partial charge in [-0.05, 0) is 35.1 Å². The molecule has 1 unspecified atom stereocenters. The van der Waals surface area contributed by atoms with Gasteiger partial charge in [-0.15, -0.1) is 0 Å². The van der Waals surface area contributed by atoms with Crippen molar-refractivity contribution in [2.24, 2.45) is 0 Å². The first-order valence-electron chi connectivity index (χ1n) is 10.5. The largest absolute Gasteiger partial charge is 0.483 e. The molecule has 5 nitrogen and oxygen atoms in total. The molecule has 3 rings (SSSR count). The lowest BCUT2D eigenvalue weighted by Gasteiger charge is -2.26. The second-order valence-corrected chi connectivity index (χ2v) is 7.62. The zero-order chi connectivity index (χ0) is 20.5. The van der Waals surface area contributed by atoms with Gasteiger partial charge < -0.3 is 14.8 Å². The molecule has 0 saturated carbocycles. The number of para-hydroxylation sites is 1. The van der Waals surface area contributed by atoms with Gasteiger partial charge in [0, 0.05) is 26.2 Å². The molecule has 1 atom stereocenters. The number of carbonyl (C=O) groups is 1. The fraction of sp³-hybridized carbons (Fsp3) is 0.458. The van der Waals surface area contributed by atoms with Crippen LogP contribution >= 0.6 is 0 Å². The van der Waals surface area contributed by atoms with Crippen molar-refractivity contribution >= 4 is 5.91 Å². The molecule has 0 radical (unpaired) electrons. The Balaban J connectivity index is 1.44. The summed E-state index contributed by atoms with van der Waals surface area (Å²) >= 11 is 0. The number of nitrogens with one attached hydrogen (secondary N) is 1. The molecule has 2 aromatic rings. The second-order valence-electron chi connectivity index (χ2n) is 7.62. The van der Waals surface area contributed by atoms with Crippen molar-refractivity contribution in [3.8, 4) is 5.75 Å². The van der Waals surface area contributed by atoms with Crippen molar-refractivity contribution in [3.63, 3.8) is 0 Å². The lowest BCUT2D eigenvalue weighted by molar-refractivity contribution is -0.123. The van der Waals surface area contributed by atoms with Crippen molar-refractivity contribution in [3.05, 3.63) is 65.2 Å². The number of hydrogen-bond donors (Lipinski definition) is 1. The minimum atomic E-state index is -0.110. The van der Waals surface area contributed by atoms with Gasteiger partial charge in [-0.1, -0.05) is 56.3 Å². The van der Waals surface area contributed by atoms with Crippen molar-refractivity contribution < 1.29 is 14.3 Å². The van der Waals surface area contributed by atoms with Crippen molar-refractivity contribution in [2.45, 2.75) is 39.3 Å². The molecule has 1 amide bonds. The van der Waals surface area contributed by atoms with E-state index in [9.17, 15) is 4.79 Å². The number of benzene rings is 2. The maximum atomic E-state index is 12.2. The Morgan fingerprint density at radius 1 is 1.10 bits per heavy atom.